The summed E-state index contributed by atoms with van der Waals surface area (Å²) in [6.45, 7) is 3.70. The van der Waals surface area contributed by atoms with Gasteiger partial charge in [-0.1, -0.05) is 0 Å². The van der Waals surface area contributed by atoms with E-state index >= 15 is 0 Å². The van der Waals surface area contributed by atoms with Gasteiger partial charge in [-0.2, -0.15) is 5.10 Å². The minimum absolute atomic E-state index is 0. The van der Waals surface area contributed by atoms with Crippen LogP contribution in [0.25, 0.3) is 10.9 Å². The topological polar surface area (TPSA) is 69.8 Å². The molecule has 19 heavy (non-hydrogen) atoms. The molecule has 1 saturated heterocycles. The van der Waals surface area contributed by atoms with E-state index in [1.54, 1.807) is 6.20 Å². The van der Waals surface area contributed by atoms with Crippen LogP contribution >= 0.6 is 12.4 Å². The van der Waals surface area contributed by atoms with Gasteiger partial charge in [-0.3, -0.25) is 9.89 Å². The van der Waals surface area contributed by atoms with E-state index in [-0.39, 0.29) is 24.2 Å². The van der Waals surface area contributed by atoms with E-state index in [9.17, 15) is 4.79 Å². The Morgan fingerprint density at radius 1 is 1.47 bits per heavy atom. The molecular formula is C13H17ClN4O. The van der Waals surface area contributed by atoms with E-state index in [0.29, 0.717) is 0 Å². The number of hydrogen-bond donors (Lipinski definition) is 3. The average molecular weight is 281 g/mol. The van der Waals surface area contributed by atoms with Gasteiger partial charge in [0.15, 0.2) is 0 Å². The van der Waals surface area contributed by atoms with E-state index < -0.39 is 0 Å². The number of aromatic amines is 1. The molecule has 0 saturated carbocycles. The maximum absolute atomic E-state index is 12.1. The largest absolute Gasteiger partial charge is 0.325 e. The standard InChI is InChI=1S/C13H16N4O.ClH/c1-8-4-10-7-15-17-12(10)5-11(8)16-13(18)9-2-3-14-6-9;/h4-5,7,9,14H,2-3,6H2,1H3,(H,15,17)(H,16,18);1H. The number of rotatable bonds is 2. The lowest BCUT2D eigenvalue weighted by Crippen LogP contribution is -2.24. The van der Waals surface area contributed by atoms with Gasteiger partial charge in [-0.05, 0) is 37.6 Å². The van der Waals surface area contributed by atoms with Gasteiger partial charge in [-0.25, -0.2) is 0 Å². The Morgan fingerprint density at radius 2 is 2.32 bits per heavy atom. The minimum Gasteiger partial charge on any atom is -0.325 e. The number of amides is 1. The molecule has 1 aromatic heterocycles. The highest BCUT2D eigenvalue weighted by molar-refractivity contribution is 5.96. The molecule has 1 atom stereocenters. The van der Waals surface area contributed by atoms with Crippen LogP contribution in [0.2, 0.25) is 0 Å². The molecule has 1 amide bonds. The van der Waals surface area contributed by atoms with Gasteiger partial charge in [0.25, 0.3) is 0 Å². The maximum atomic E-state index is 12.1. The first-order valence-electron chi connectivity index (χ1n) is 6.19. The third-order valence-corrected chi connectivity index (χ3v) is 3.47. The van der Waals surface area contributed by atoms with Crippen LogP contribution in [0, 0.1) is 12.8 Å². The summed E-state index contributed by atoms with van der Waals surface area (Å²) in [4.78, 5) is 12.1. The van der Waals surface area contributed by atoms with Crippen LogP contribution in [0.5, 0.6) is 0 Å². The predicted molar refractivity (Wildman–Crippen MR) is 77.7 cm³/mol. The molecule has 1 aliphatic rings. The van der Waals surface area contributed by atoms with Crippen molar-refractivity contribution in [3.05, 3.63) is 23.9 Å². The second kappa shape index (κ2) is 5.59. The van der Waals surface area contributed by atoms with Gasteiger partial charge in [0.05, 0.1) is 17.6 Å². The molecular weight excluding hydrogens is 264 g/mol. The number of carbonyl (C=O) groups is 1. The molecule has 0 aliphatic carbocycles. The van der Waals surface area contributed by atoms with Crippen molar-refractivity contribution >= 4 is 34.9 Å². The number of aromatic nitrogens is 2. The first-order chi connectivity index (χ1) is 8.74. The Morgan fingerprint density at radius 3 is 3.05 bits per heavy atom. The Kier molecular flexibility index (Phi) is 4.07. The van der Waals surface area contributed by atoms with Crippen LogP contribution in [0.4, 0.5) is 5.69 Å². The fourth-order valence-corrected chi connectivity index (χ4v) is 2.35. The summed E-state index contributed by atoms with van der Waals surface area (Å²) in [5, 5.41) is 14.2. The lowest BCUT2D eigenvalue weighted by molar-refractivity contribution is -0.119. The van der Waals surface area contributed by atoms with Gasteiger partial charge in [0, 0.05) is 17.6 Å². The molecule has 0 radical (unpaired) electrons. The van der Waals surface area contributed by atoms with E-state index in [2.05, 4.69) is 20.8 Å². The number of benzene rings is 1. The van der Waals surface area contributed by atoms with E-state index in [0.717, 1.165) is 41.7 Å². The summed E-state index contributed by atoms with van der Waals surface area (Å²) in [5.41, 5.74) is 2.87. The number of nitrogens with one attached hydrogen (secondary N) is 3. The van der Waals surface area contributed by atoms with Gasteiger partial charge < -0.3 is 10.6 Å². The highest BCUT2D eigenvalue weighted by Gasteiger charge is 2.22. The number of carbonyl (C=O) groups excluding carboxylic acids is 1. The number of nitrogens with zero attached hydrogens (tertiary/aromatic N) is 1. The highest BCUT2D eigenvalue weighted by Crippen LogP contribution is 2.23. The lowest BCUT2D eigenvalue weighted by Gasteiger charge is -2.12. The molecule has 5 nitrogen and oxygen atoms in total. The first kappa shape index (κ1) is 13.8. The van der Waals surface area contributed by atoms with Crippen molar-refractivity contribution in [3.8, 4) is 0 Å². The lowest BCUT2D eigenvalue weighted by atomic mass is 10.1. The van der Waals surface area contributed by atoms with Crippen molar-refractivity contribution in [2.75, 3.05) is 18.4 Å². The molecule has 1 aliphatic heterocycles. The molecule has 0 bridgehead atoms. The second-order valence-corrected chi connectivity index (χ2v) is 4.80. The van der Waals surface area contributed by atoms with Crippen LogP contribution in [0.15, 0.2) is 18.3 Å². The number of hydrogen-bond acceptors (Lipinski definition) is 3. The van der Waals surface area contributed by atoms with Crippen molar-refractivity contribution in [2.24, 2.45) is 5.92 Å². The number of H-pyrrole nitrogens is 1. The molecule has 6 heteroatoms. The van der Waals surface area contributed by atoms with E-state index in [1.165, 1.54) is 0 Å². The van der Waals surface area contributed by atoms with Crippen LogP contribution in [0.1, 0.15) is 12.0 Å². The normalized spacial score (nSPS) is 18.3. The Bertz CT molecular complexity index is 589. The van der Waals surface area contributed by atoms with Crippen molar-refractivity contribution < 1.29 is 4.79 Å². The maximum Gasteiger partial charge on any atom is 0.228 e. The average Bonchev–Trinajstić information content (AvgIpc) is 2.98. The Hall–Kier alpha value is -1.59. The highest BCUT2D eigenvalue weighted by atomic mass is 35.5. The van der Waals surface area contributed by atoms with Gasteiger partial charge >= 0.3 is 0 Å². The zero-order chi connectivity index (χ0) is 12.5. The minimum atomic E-state index is 0. The summed E-state index contributed by atoms with van der Waals surface area (Å²) in [6, 6.07) is 3.97. The summed E-state index contributed by atoms with van der Waals surface area (Å²) >= 11 is 0. The fourth-order valence-electron chi connectivity index (χ4n) is 2.35. The fraction of sp³-hybridized carbons (Fsp3) is 0.385. The van der Waals surface area contributed by atoms with Gasteiger partial charge in [0.2, 0.25) is 5.91 Å². The third-order valence-electron chi connectivity index (χ3n) is 3.47. The molecule has 2 aromatic rings. The van der Waals surface area contributed by atoms with Crippen LogP contribution in [-0.4, -0.2) is 29.2 Å². The van der Waals surface area contributed by atoms with Crippen LogP contribution in [-0.2, 0) is 4.79 Å². The number of aryl methyl sites for hydroxylation is 1. The van der Waals surface area contributed by atoms with Crippen LogP contribution < -0.4 is 10.6 Å². The number of anilines is 1. The Balaban J connectivity index is 0.00000133. The van der Waals surface area contributed by atoms with Gasteiger partial charge in [0.1, 0.15) is 0 Å². The van der Waals surface area contributed by atoms with E-state index in [1.807, 2.05) is 19.1 Å². The zero-order valence-corrected chi connectivity index (χ0v) is 11.5. The summed E-state index contributed by atoms with van der Waals surface area (Å²) in [5.74, 6) is 0.184. The summed E-state index contributed by atoms with van der Waals surface area (Å²) in [7, 11) is 0. The van der Waals surface area contributed by atoms with E-state index in [4.69, 9.17) is 0 Å². The van der Waals surface area contributed by atoms with Crippen molar-refractivity contribution in [2.45, 2.75) is 13.3 Å². The molecule has 1 aromatic carbocycles. The number of halogens is 1. The quantitative estimate of drug-likeness (QED) is 0.786. The smallest absolute Gasteiger partial charge is 0.228 e. The monoisotopic (exact) mass is 280 g/mol. The molecule has 2 heterocycles. The predicted octanol–water partition coefficient (Wildman–Crippen LogP) is 1.84. The molecule has 3 rings (SSSR count). The number of fused-ring (bicyclic) bond motifs is 1. The molecule has 1 unspecified atom stereocenters. The van der Waals surface area contributed by atoms with Crippen molar-refractivity contribution in [1.82, 2.24) is 15.5 Å². The summed E-state index contributed by atoms with van der Waals surface area (Å²) < 4.78 is 0. The van der Waals surface area contributed by atoms with Crippen LogP contribution in [0.3, 0.4) is 0 Å². The van der Waals surface area contributed by atoms with Crippen molar-refractivity contribution in [3.63, 3.8) is 0 Å². The van der Waals surface area contributed by atoms with Crippen molar-refractivity contribution in [1.29, 1.82) is 0 Å². The molecule has 102 valence electrons. The second-order valence-electron chi connectivity index (χ2n) is 4.80. The zero-order valence-electron chi connectivity index (χ0n) is 10.7. The summed E-state index contributed by atoms with van der Waals surface area (Å²) in [6.07, 6.45) is 2.70. The molecule has 1 fully saturated rings. The van der Waals surface area contributed by atoms with Gasteiger partial charge in [-0.15, -0.1) is 12.4 Å². The molecule has 0 spiro atoms. The third kappa shape index (κ3) is 2.72. The Labute approximate surface area is 117 Å². The SMILES string of the molecule is Cc1cc2cn[nH]c2cc1NC(=O)C1CCNC1.Cl. The first-order valence-corrected chi connectivity index (χ1v) is 6.19. The molecule has 3 N–H and O–H groups in total.